The molecule has 1 aromatic heterocycles. The molecule has 0 radical (unpaired) electrons. The van der Waals surface area contributed by atoms with E-state index in [1.54, 1.807) is 43.3 Å². The van der Waals surface area contributed by atoms with Gasteiger partial charge in [0, 0.05) is 9.90 Å². The molecule has 0 fully saturated rings. The Labute approximate surface area is 148 Å². The Kier molecular flexibility index (Phi) is 6.04. The Morgan fingerprint density at radius 1 is 1.17 bits per heavy atom. The Bertz CT molecular complexity index is 700. The average Bonchev–Trinajstić information content (AvgIpc) is 2.92. The van der Waals surface area contributed by atoms with Crippen molar-refractivity contribution in [3.8, 4) is 0 Å². The van der Waals surface area contributed by atoms with Gasteiger partial charge in [0.05, 0.1) is 22.7 Å². The third kappa shape index (κ3) is 4.96. The van der Waals surface area contributed by atoms with E-state index >= 15 is 0 Å². The molecular weight excluding hydrogens is 357 g/mol. The third-order valence-corrected chi connectivity index (χ3v) is 5.05. The molecule has 0 bridgehead atoms. The maximum atomic E-state index is 12.4. The molecule has 122 valence electrons. The van der Waals surface area contributed by atoms with Crippen LogP contribution in [0.5, 0.6) is 0 Å². The molecule has 0 saturated heterocycles. The van der Waals surface area contributed by atoms with Gasteiger partial charge in [-0.15, -0.1) is 11.3 Å². The van der Waals surface area contributed by atoms with Gasteiger partial charge >= 0.3 is 5.97 Å². The second kappa shape index (κ2) is 7.81. The molecule has 0 aliphatic rings. The number of carboxylic acid groups (broad SMARTS) is 1. The van der Waals surface area contributed by atoms with Crippen molar-refractivity contribution >= 4 is 46.4 Å². The van der Waals surface area contributed by atoms with Gasteiger partial charge in [-0.2, -0.15) is 0 Å². The Hall–Kier alpha value is -1.56. The van der Waals surface area contributed by atoms with Crippen molar-refractivity contribution in [2.75, 3.05) is 0 Å². The van der Waals surface area contributed by atoms with Crippen LogP contribution in [0.1, 0.15) is 35.7 Å². The number of amides is 1. The Balaban J connectivity index is 2.15. The molecule has 2 atom stereocenters. The first-order valence-corrected chi connectivity index (χ1v) is 8.47. The van der Waals surface area contributed by atoms with E-state index in [9.17, 15) is 9.59 Å². The molecule has 2 N–H and O–H groups in total. The Morgan fingerprint density at radius 3 is 2.35 bits per heavy atom. The number of hydrogen-bond acceptors (Lipinski definition) is 3. The second-order valence-electron chi connectivity index (χ2n) is 5.07. The summed E-state index contributed by atoms with van der Waals surface area (Å²) >= 11 is 13.1. The molecule has 0 aliphatic carbocycles. The smallest absolute Gasteiger partial charge is 0.305 e. The minimum Gasteiger partial charge on any atom is -0.481 e. The molecule has 1 heterocycles. The quantitative estimate of drug-likeness (QED) is 0.785. The van der Waals surface area contributed by atoms with Crippen LogP contribution in [0.15, 0.2) is 36.4 Å². The van der Waals surface area contributed by atoms with Gasteiger partial charge in [-0.05, 0) is 36.8 Å². The maximum absolute atomic E-state index is 12.4. The van der Waals surface area contributed by atoms with Crippen LogP contribution >= 0.6 is 34.5 Å². The average molecular weight is 372 g/mol. The summed E-state index contributed by atoms with van der Waals surface area (Å²) in [5, 5.41) is 12.4. The van der Waals surface area contributed by atoms with Gasteiger partial charge in [0.25, 0.3) is 0 Å². The monoisotopic (exact) mass is 371 g/mol. The summed E-state index contributed by atoms with van der Waals surface area (Å²) in [4.78, 5) is 24.3. The summed E-state index contributed by atoms with van der Waals surface area (Å²) in [6.07, 6.45) is -0.203. The zero-order valence-electron chi connectivity index (χ0n) is 12.3. The van der Waals surface area contributed by atoms with Gasteiger partial charge in [-0.3, -0.25) is 9.59 Å². The number of halogens is 2. The minimum absolute atomic E-state index is 0.203. The van der Waals surface area contributed by atoms with Gasteiger partial charge < -0.3 is 10.4 Å². The molecule has 23 heavy (non-hydrogen) atoms. The van der Waals surface area contributed by atoms with Crippen molar-refractivity contribution < 1.29 is 14.7 Å². The normalized spacial score (nSPS) is 13.3. The summed E-state index contributed by atoms with van der Waals surface area (Å²) in [6.45, 7) is 1.76. The van der Waals surface area contributed by atoms with Crippen LogP contribution in [0, 0.1) is 0 Å². The van der Waals surface area contributed by atoms with Crippen molar-refractivity contribution in [1.82, 2.24) is 5.32 Å². The number of nitrogens with one attached hydrogen (secondary N) is 1. The van der Waals surface area contributed by atoms with Gasteiger partial charge in [-0.25, -0.2) is 0 Å². The largest absolute Gasteiger partial charge is 0.481 e. The van der Waals surface area contributed by atoms with E-state index in [0.29, 0.717) is 14.9 Å². The van der Waals surface area contributed by atoms with Crippen LogP contribution in [-0.4, -0.2) is 17.0 Å². The lowest BCUT2D eigenvalue weighted by Crippen LogP contribution is -2.33. The minimum atomic E-state index is -0.989. The molecule has 0 saturated carbocycles. The summed E-state index contributed by atoms with van der Waals surface area (Å²) < 4.78 is 0.611. The molecule has 1 aromatic carbocycles. The number of rotatable bonds is 6. The number of carbonyl (C=O) groups is 2. The van der Waals surface area contributed by atoms with Crippen LogP contribution < -0.4 is 5.32 Å². The van der Waals surface area contributed by atoms with Crippen LogP contribution in [0.25, 0.3) is 0 Å². The van der Waals surface area contributed by atoms with Crippen LogP contribution in [0.2, 0.25) is 9.36 Å². The standard InChI is InChI=1S/C16H15Cl2NO3S/c1-9(13-6-7-14(18)23-13)16(22)19-12(8-15(20)21)10-2-4-11(17)5-3-10/h2-7,9,12H,8H2,1H3,(H,19,22)(H,20,21)/t9?,12-/m0/s1. The fraction of sp³-hybridized carbons (Fsp3) is 0.250. The van der Waals surface area contributed by atoms with Crippen molar-refractivity contribution in [3.63, 3.8) is 0 Å². The number of thiophene rings is 1. The van der Waals surface area contributed by atoms with Crippen molar-refractivity contribution in [1.29, 1.82) is 0 Å². The zero-order chi connectivity index (χ0) is 17.0. The second-order valence-corrected chi connectivity index (χ2v) is 7.26. The van der Waals surface area contributed by atoms with E-state index in [0.717, 1.165) is 4.88 Å². The highest BCUT2D eigenvalue weighted by Gasteiger charge is 2.23. The van der Waals surface area contributed by atoms with E-state index in [2.05, 4.69) is 5.32 Å². The summed E-state index contributed by atoms with van der Waals surface area (Å²) in [7, 11) is 0. The van der Waals surface area contributed by atoms with E-state index in [4.69, 9.17) is 28.3 Å². The number of carboxylic acids is 1. The SMILES string of the molecule is CC(C(=O)N[C@@H](CC(=O)O)c1ccc(Cl)cc1)c1ccc(Cl)s1. The van der Waals surface area contributed by atoms with Crippen molar-refractivity contribution in [2.45, 2.75) is 25.3 Å². The predicted molar refractivity (Wildman–Crippen MR) is 92.3 cm³/mol. The molecular formula is C16H15Cl2NO3S. The van der Waals surface area contributed by atoms with Crippen molar-refractivity contribution in [3.05, 3.63) is 56.2 Å². The molecule has 4 nitrogen and oxygen atoms in total. The van der Waals surface area contributed by atoms with E-state index in [1.165, 1.54) is 11.3 Å². The first-order valence-electron chi connectivity index (χ1n) is 6.89. The van der Waals surface area contributed by atoms with Crippen molar-refractivity contribution in [2.24, 2.45) is 0 Å². The van der Waals surface area contributed by atoms with Gasteiger partial charge in [-0.1, -0.05) is 35.3 Å². The highest BCUT2D eigenvalue weighted by molar-refractivity contribution is 7.16. The lowest BCUT2D eigenvalue weighted by atomic mass is 10.0. The molecule has 0 spiro atoms. The fourth-order valence-corrected chi connectivity index (χ4v) is 3.35. The highest BCUT2D eigenvalue weighted by Crippen LogP contribution is 2.29. The summed E-state index contributed by atoms with van der Waals surface area (Å²) in [5.41, 5.74) is 0.696. The third-order valence-electron chi connectivity index (χ3n) is 3.38. The molecule has 2 rings (SSSR count). The van der Waals surface area contributed by atoms with E-state index in [-0.39, 0.29) is 12.3 Å². The maximum Gasteiger partial charge on any atom is 0.305 e. The predicted octanol–water partition coefficient (Wildman–Crippen LogP) is 4.49. The number of aliphatic carboxylic acids is 1. The first-order chi connectivity index (χ1) is 10.9. The zero-order valence-corrected chi connectivity index (χ0v) is 14.6. The van der Waals surface area contributed by atoms with Gasteiger partial charge in [0.15, 0.2) is 0 Å². The fourth-order valence-electron chi connectivity index (χ4n) is 2.11. The van der Waals surface area contributed by atoms with Gasteiger partial charge in [0.1, 0.15) is 0 Å². The molecule has 2 aromatic rings. The van der Waals surface area contributed by atoms with Crippen LogP contribution in [-0.2, 0) is 9.59 Å². The topological polar surface area (TPSA) is 66.4 Å². The number of benzene rings is 1. The Morgan fingerprint density at radius 2 is 1.83 bits per heavy atom. The lowest BCUT2D eigenvalue weighted by Gasteiger charge is -2.20. The first kappa shape index (κ1) is 17.8. The number of hydrogen-bond donors (Lipinski definition) is 2. The molecule has 0 aliphatic heterocycles. The van der Waals surface area contributed by atoms with Crippen LogP contribution in [0.3, 0.4) is 0 Å². The lowest BCUT2D eigenvalue weighted by molar-refractivity contribution is -0.137. The number of carbonyl (C=O) groups excluding carboxylic acids is 1. The van der Waals surface area contributed by atoms with E-state index in [1.807, 2.05) is 0 Å². The highest BCUT2D eigenvalue weighted by atomic mass is 35.5. The van der Waals surface area contributed by atoms with Crippen LogP contribution in [0.4, 0.5) is 0 Å². The summed E-state index contributed by atoms with van der Waals surface area (Å²) in [6, 6.07) is 9.67. The van der Waals surface area contributed by atoms with Gasteiger partial charge in [0.2, 0.25) is 5.91 Å². The molecule has 7 heteroatoms. The molecule has 1 amide bonds. The van der Waals surface area contributed by atoms with E-state index < -0.39 is 17.9 Å². The molecule has 1 unspecified atom stereocenters. The summed E-state index contributed by atoms with van der Waals surface area (Å²) in [5.74, 6) is -1.64.